The molecule has 11 heteroatoms. The molecule has 1 aliphatic heterocycles. The van der Waals surface area contributed by atoms with Crippen molar-refractivity contribution in [2.24, 2.45) is 0 Å². The molecule has 0 atom stereocenters. The minimum atomic E-state index is -3.69. The maximum atomic E-state index is 13.1. The molecule has 0 radical (unpaired) electrons. The molecule has 0 saturated carbocycles. The SMILES string of the molecule is COc1cc(CNc2cc(S(=O)(=O)N3CCOCC3)ccc2OC(C)C)ccc1OC(F)F. The Balaban J connectivity index is 1.85. The summed E-state index contributed by atoms with van der Waals surface area (Å²) in [4.78, 5) is 0.140. The van der Waals surface area contributed by atoms with Crippen molar-refractivity contribution in [3.63, 3.8) is 0 Å². The summed E-state index contributed by atoms with van der Waals surface area (Å²) in [6, 6.07) is 9.26. The summed E-state index contributed by atoms with van der Waals surface area (Å²) < 4.78 is 73.3. The summed E-state index contributed by atoms with van der Waals surface area (Å²) in [6.45, 7) is 2.34. The van der Waals surface area contributed by atoms with Gasteiger partial charge in [-0.25, -0.2) is 8.42 Å². The molecule has 0 aliphatic carbocycles. The van der Waals surface area contributed by atoms with Gasteiger partial charge >= 0.3 is 6.61 Å². The Morgan fingerprint density at radius 3 is 2.36 bits per heavy atom. The first kappa shape index (κ1) is 25.0. The van der Waals surface area contributed by atoms with Crippen LogP contribution in [0.2, 0.25) is 0 Å². The molecular formula is C22H28F2N2O6S. The highest BCUT2D eigenvalue weighted by Crippen LogP contribution is 2.32. The summed E-state index contributed by atoms with van der Waals surface area (Å²) in [6.07, 6.45) is -0.127. The van der Waals surface area contributed by atoms with E-state index in [1.165, 1.54) is 29.6 Å². The van der Waals surface area contributed by atoms with Crippen LogP contribution in [0.4, 0.5) is 14.5 Å². The number of nitrogens with zero attached hydrogens (tertiary/aromatic N) is 1. The van der Waals surface area contributed by atoms with E-state index in [0.717, 1.165) is 0 Å². The number of nitrogens with one attached hydrogen (secondary N) is 1. The highest BCUT2D eigenvalue weighted by Gasteiger charge is 2.27. The van der Waals surface area contributed by atoms with Crippen molar-refractivity contribution in [1.29, 1.82) is 0 Å². The average Bonchev–Trinajstić information content (AvgIpc) is 2.79. The lowest BCUT2D eigenvalue weighted by Crippen LogP contribution is -2.40. The molecule has 0 bridgehead atoms. The van der Waals surface area contributed by atoms with E-state index in [4.69, 9.17) is 14.2 Å². The van der Waals surface area contributed by atoms with Crippen LogP contribution < -0.4 is 19.5 Å². The number of benzene rings is 2. The molecule has 0 amide bonds. The van der Waals surface area contributed by atoms with Crippen molar-refractivity contribution in [2.45, 2.75) is 38.0 Å². The van der Waals surface area contributed by atoms with Crippen molar-refractivity contribution < 1.29 is 36.1 Å². The molecule has 1 fully saturated rings. The van der Waals surface area contributed by atoms with Crippen LogP contribution in [0.3, 0.4) is 0 Å². The van der Waals surface area contributed by atoms with E-state index in [1.54, 1.807) is 18.2 Å². The van der Waals surface area contributed by atoms with Crippen molar-refractivity contribution in [1.82, 2.24) is 4.31 Å². The second kappa shape index (κ2) is 11.0. The number of anilines is 1. The molecule has 8 nitrogen and oxygen atoms in total. The standard InChI is InChI=1S/C22H28F2N2O6S/c1-15(2)31-19-7-5-17(33(27,28)26-8-10-30-11-9-26)13-18(19)25-14-16-4-6-20(32-22(23)24)21(12-16)29-3/h4-7,12-13,15,22,25H,8-11,14H2,1-3H3. The molecular weight excluding hydrogens is 458 g/mol. The van der Waals surface area contributed by atoms with Gasteiger partial charge in [0.25, 0.3) is 0 Å². The molecule has 2 aromatic rings. The maximum absolute atomic E-state index is 13.1. The zero-order valence-corrected chi connectivity index (χ0v) is 19.5. The Kier molecular flexibility index (Phi) is 8.33. The fraction of sp³-hybridized carbons (Fsp3) is 0.455. The van der Waals surface area contributed by atoms with Gasteiger partial charge < -0.3 is 24.3 Å². The minimum Gasteiger partial charge on any atom is -0.493 e. The third-order valence-electron chi connectivity index (χ3n) is 4.85. The zero-order valence-electron chi connectivity index (χ0n) is 18.7. The quantitative estimate of drug-likeness (QED) is 0.548. The summed E-state index contributed by atoms with van der Waals surface area (Å²) in [7, 11) is -2.33. The zero-order chi connectivity index (χ0) is 24.0. The Morgan fingerprint density at radius 2 is 1.73 bits per heavy atom. The van der Waals surface area contributed by atoms with E-state index < -0.39 is 16.6 Å². The van der Waals surface area contributed by atoms with Crippen LogP contribution in [0.25, 0.3) is 0 Å². The highest BCUT2D eigenvalue weighted by molar-refractivity contribution is 7.89. The van der Waals surface area contributed by atoms with Gasteiger partial charge in [-0.2, -0.15) is 13.1 Å². The molecule has 2 aromatic carbocycles. The number of hydrogen-bond acceptors (Lipinski definition) is 7. The highest BCUT2D eigenvalue weighted by atomic mass is 32.2. The van der Waals surface area contributed by atoms with Gasteiger partial charge in [0.1, 0.15) is 5.75 Å². The van der Waals surface area contributed by atoms with Crippen molar-refractivity contribution >= 4 is 15.7 Å². The molecule has 1 heterocycles. The third-order valence-corrected chi connectivity index (χ3v) is 6.74. The van der Waals surface area contributed by atoms with Gasteiger partial charge in [-0.1, -0.05) is 6.07 Å². The summed E-state index contributed by atoms with van der Waals surface area (Å²) in [5, 5.41) is 3.18. The van der Waals surface area contributed by atoms with Crippen molar-refractivity contribution in [3.05, 3.63) is 42.0 Å². The summed E-state index contributed by atoms with van der Waals surface area (Å²) in [5.74, 6) is 0.589. The van der Waals surface area contributed by atoms with Crippen LogP contribution in [0.1, 0.15) is 19.4 Å². The van der Waals surface area contributed by atoms with Gasteiger partial charge in [-0.3, -0.25) is 0 Å². The van der Waals surface area contributed by atoms with E-state index in [1.807, 2.05) is 13.8 Å². The maximum Gasteiger partial charge on any atom is 0.387 e. The number of ether oxygens (including phenoxy) is 4. The summed E-state index contributed by atoms with van der Waals surface area (Å²) in [5.41, 5.74) is 1.20. The second-order valence-corrected chi connectivity index (χ2v) is 9.50. The van der Waals surface area contributed by atoms with E-state index in [2.05, 4.69) is 10.1 Å². The fourth-order valence-electron chi connectivity index (χ4n) is 3.31. The Morgan fingerprint density at radius 1 is 1.03 bits per heavy atom. The van der Waals surface area contributed by atoms with E-state index in [-0.39, 0.29) is 29.0 Å². The fourth-order valence-corrected chi connectivity index (χ4v) is 4.75. The molecule has 1 aliphatic rings. The first-order valence-electron chi connectivity index (χ1n) is 10.4. The number of morpholine rings is 1. The van der Waals surface area contributed by atoms with Gasteiger partial charge in [-0.15, -0.1) is 0 Å². The van der Waals surface area contributed by atoms with Crippen LogP contribution in [0, 0.1) is 0 Å². The van der Waals surface area contributed by atoms with Gasteiger partial charge in [-0.05, 0) is 49.7 Å². The first-order valence-corrected chi connectivity index (χ1v) is 11.9. The third kappa shape index (κ3) is 6.46. The van der Waals surface area contributed by atoms with Crippen LogP contribution in [0.15, 0.2) is 41.3 Å². The lowest BCUT2D eigenvalue weighted by atomic mass is 10.2. The molecule has 33 heavy (non-hydrogen) atoms. The molecule has 1 saturated heterocycles. The van der Waals surface area contributed by atoms with E-state index in [9.17, 15) is 17.2 Å². The van der Waals surface area contributed by atoms with Gasteiger partial charge in [0.2, 0.25) is 10.0 Å². The van der Waals surface area contributed by atoms with Crippen LogP contribution in [0.5, 0.6) is 17.2 Å². The molecule has 182 valence electrons. The smallest absolute Gasteiger partial charge is 0.387 e. The molecule has 3 rings (SSSR count). The van der Waals surface area contributed by atoms with Gasteiger partial charge in [0.15, 0.2) is 11.5 Å². The number of rotatable bonds is 10. The number of alkyl halides is 2. The average molecular weight is 487 g/mol. The Bertz CT molecular complexity index is 1040. The Hall–Kier alpha value is -2.63. The van der Waals surface area contributed by atoms with Crippen molar-refractivity contribution in [3.8, 4) is 17.2 Å². The summed E-state index contributed by atoms with van der Waals surface area (Å²) >= 11 is 0. The van der Waals surface area contributed by atoms with Crippen LogP contribution in [-0.2, 0) is 21.3 Å². The van der Waals surface area contributed by atoms with E-state index in [0.29, 0.717) is 43.3 Å². The predicted octanol–water partition coefficient (Wildman–Crippen LogP) is 3.72. The first-order chi connectivity index (χ1) is 15.7. The number of methoxy groups -OCH3 is 1. The largest absolute Gasteiger partial charge is 0.493 e. The topological polar surface area (TPSA) is 86.3 Å². The van der Waals surface area contributed by atoms with Crippen molar-refractivity contribution in [2.75, 3.05) is 38.7 Å². The normalized spacial score (nSPS) is 15.0. The predicted molar refractivity (Wildman–Crippen MR) is 119 cm³/mol. The Labute approximate surface area is 192 Å². The molecule has 0 aromatic heterocycles. The van der Waals surface area contributed by atoms with Gasteiger partial charge in [0.05, 0.1) is 37.0 Å². The lowest BCUT2D eigenvalue weighted by Gasteiger charge is -2.26. The molecule has 1 N–H and O–H groups in total. The number of sulfonamides is 1. The number of hydrogen-bond donors (Lipinski definition) is 1. The minimum absolute atomic E-state index is 0.0707. The lowest BCUT2D eigenvalue weighted by molar-refractivity contribution is -0.0512. The van der Waals surface area contributed by atoms with Crippen LogP contribution >= 0.6 is 0 Å². The second-order valence-electron chi connectivity index (χ2n) is 7.56. The van der Waals surface area contributed by atoms with Gasteiger partial charge in [0, 0.05) is 19.6 Å². The number of halogens is 2. The van der Waals surface area contributed by atoms with E-state index >= 15 is 0 Å². The van der Waals surface area contributed by atoms with Crippen LogP contribution in [-0.4, -0.2) is 58.9 Å². The molecule has 0 spiro atoms. The monoisotopic (exact) mass is 486 g/mol. The molecule has 0 unspecified atom stereocenters.